The van der Waals surface area contributed by atoms with Crippen LogP contribution < -0.4 is 15.8 Å². The molecule has 8 heteroatoms. The molecule has 1 aromatic carbocycles. The van der Waals surface area contributed by atoms with Crippen molar-refractivity contribution in [1.82, 2.24) is 9.97 Å². The molecule has 100 valence electrons. The van der Waals surface area contributed by atoms with Gasteiger partial charge in [0.25, 0.3) is 0 Å². The average molecular weight is 287 g/mol. The predicted octanol–water partition coefficient (Wildman–Crippen LogP) is 3.06. The van der Waals surface area contributed by atoms with Gasteiger partial charge >= 0.3 is 6.61 Å². The predicted molar refractivity (Wildman–Crippen MR) is 67.8 cm³/mol. The molecule has 0 atom stereocenters. The van der Waals surface area contributed by atoms with Gasteiger partial charge in [-0.2, -0.15) is 13.8 Å². The number of nitrogens with two attached hydrogens (primary N) is 1. The molecule has 0 radical (unpaired) electrons. The number of aromatic nitrogens is 2. The summed E-state index contributed by atoms with van der Waals surface area (Å²) in [5, 5.41) is 3.18. The van der Waals surface area contributed by atoms with Crippen LogP contribution in [0.1, 0.15) is 0 Å². The Morgan fingerprint density at radius 2 is 1.95 bits per heavy atom. The third kappa shape index (κ3) is 3.65. The lowest BCUT2D eigenvalue weighted by Gasteiger charge is -2.09. The average Bonchev–Trinajstić information content (AvgIpc) is 2.35. The molecule has 0 bridgehead atoms. The van der Waals surface area contributed by atoms with Crippen LogP contribution in [-0.2, 0) is 0 Å². The fourth-order valence-electron chi connectivity index (χ4n) is 1.32. The molecule has 2 rings (SSSR count). The molecular weight excluding hydrogens is 278 g/mol. The number of nitrogens with one attached hydrogen (secondary N) is 1. The van der Waals surface area contributed by atoms with Crippen LogP contribution in [0.15, 0.2) is 30.5 Å². The highest BCUT2D eigenvalue weighted by molar-refractivity contribution is 6.32. The fourth-order valence-corrected chi connectivity index (χ4v) is 1.46. The Morgan fingerprint density at radius 1 is 1.26 bits per heavy atom. The van der Waals surface area contributed by atoms with E-state index < -0.39 is 6.61 Å². The van der Waals surface area contributed by atoms with Crippen LogP contribution >= 0.6 is 11.6 Å². The van der Waals surface area contributed by atoms with Gasteiger partial charge in [0.05, 0.1) is 6.20 Å². The molecule has 0 aliphatic rings. The van der Waals surface area contributed by atoms with Crippen LogP contribution in [0.25, 0.3) is 0 Å². The van der Waals surface area contributed by atoms with Crippen LogP contribution in [0.3, 0.4) is 0 Å². The van der Waals surface area contributed by atoms with Gasteiger partial charge in [0, 0.05) is 5.69 Å². The van der Waals surface area contributed by atoms with Crippen molar-refractivity contribution >= 4 is 29.1 Å². The molecule has 5 nitrogen and oxygen atoms in total. The van der Waals surface area contributed by atoms with E-state index in [1.165, 1.54) is 18.3 Å². The Hall–Kier alpha value is -2.15. The zero-order valence-corrected chi connectivity index (χ0v) is 10.2. The minimum absolute atomic E-state index is 0.0637. The lowest BCUT2D eigenvalue weighted by molar-refractivity contribution is -0.0498. The van der Waals surface area contributed by atoms with Gasteiger partial charge in [-0.1, -0.05) is 11.6 Å². The van der Waals surface area contributed by atoms with E-state index >= 15 is 0 Å². The molecule has 0 aliphatic carbocycles. The van der Waals surface area contributed by atoms with Gasteiger partial charge in [0.1, 0.15) is 10.8 Å². The molecule has 1 aromatic heterocycles. The van der Waals surface area contributed by atoms with Crippen molar-refractivity contribution in [1.29, 1.82) is 0 Å². The monoisotopic (exact) mass is 286 g/mol. The molecule has 0 saturated carbocycles. The summed E-state index contributed by atoms with van der Waals surface area (Å²) < 4.78 is 28.2. The molecule has 3 N–H and O–H groups in total. The Morgan fingerprint density at radius 3 is 2.58 bits per heavy atom. The normalized spacial score (nSPS) is 10.5. The van der Waals surface area contributed by atoms with Crippen molar-refractivity contribution in [3.8, 4) is 5.75 Å². The smallest absolute Gasteiger partial charge is 0.387 e. The Bertz CT molecular complexity index is 565. The topological polar surface area (TPSA) is 73.1 Å². The van der Waals surface area contributed by atoms with Gasteiger partial charge in [-0.25, -0.2) is 4.98 Å². The number of nitrogens with zero attached hydrogens (tertiary/aromatic N) is 2. The minimum atomic E-state index is -2.85. The maximum absolute atomic E-state index is 12.0. The van der Waals surface area contributed by atoms with E-state index in [1.54, 1.807) is 12.1 Å². The van der Waals surface area contributed by atoms with Gasteiger partial charge in [-0.05, 0) is 24.3 Å². The van der Waals surface area contributed by atoms with Crippen LogP contribution in [0.4, 0.5) is 26.2 Å². The van der Waals surface area contributed by atoms with Crippen molar-refractivity contribution in [2.45, 2.75) is 6.61 Å². The van der Waals surface area contributed by atoms with E-state index in [9.17, 15) is 8.78 Å². The van der Waals surface area contributed by atoms with E-state index in [0.717, 1.165) is 0 Å². The highest BCUT2D eigenvalue weighted by Crippen LogP contribution is 2.24. The van der Waals surface area contributed by atoms with E-state index in [-0.39, 0.29) is 11.7 Å². The number of alkyl halides is 2. The SMILES string of the molecule is Nc1ncc(Cl)c(Nc2ccc(OC(F)F)cc2)n1. The standard InChI is InChI=1S/C11H9ClF2N4O/c12-8-5-16-11(15)18-9(8)17-6-1-3-7(4-2-6)19-10(13)14/h1-5,10H,(H3,15,16,17,18). The first-order valence-corrected chi connectivity index (χ1v) is 5.52. The summed E-state index contributed by atoms with van der Waals surface area (Å²) in [7, 11) is 0. The summed E-state index contributed by atoms with van der Waals surface area (Å²) >= 11 is 5.88. The highest BCUT2D eigenvalue weighted by Gasteiger charge is 2.06. The molecular formula is C11H9ClF2N4O. The molecule has 0 fully saturated rings. The van der Waals surface area contributed by atoms with Crippen molar-refractivity contribution in [3.63, 3.8) is 0 Å². The minimum Gasteiger partial charge on any atom is -0.435 e. The first-order chi connectivity index (χ1) is 9.04. The number of hydrogen-bond acceptors (Lipinski definition) is 5. The molecule has 1 heterocycles. The summed E-state index contributed by atoms with van der Waals surface area (Å²) in [5.41, 5.74) is 6.03. The first kappa shape index (κ1) is 13.3. The third-order valence-corrected chi connectivity index (χ3v) is 2.38. The lowest BCUT2D eigenvalue weighted by Crippen LogP contribution is -2.02. The van der Waals surface area contributed by atoms with Crippen LogP contribution in [-0.4, -0.2) is 16.6 Å². The van der Waals surface area contributed by atoms with Gasteiger partial charge in [-0.3, -0.25) is 0 Å². The van der Waals surface area contributed by atoms with E-state index in [4.69, 9.17) is 17.3 Å². The number of halogens is 3. The van der Waals surface area contributed by atoms with E-state index in [2.05, 4.69) is 20.0 Å². The Balaban J connectivity index is 2.13. The van der Waals surface area contributed by atoms with E-state index in [0.29, 0.717) is 16.5 Å². The summed E-state index contributed by atoms with van der Waals surface area (Å²) in [5.74, 6) is 0.468. The number of nitrogen functional groups attached to an aromatic ring is 1. The second kappa shape index (κ2) is 5.66. The Labute approximate surface area is 112 Å². The van der Waals surface area contributed by atoms with Crippen molar-refractivity contribution in [2.75, 3.05) is 11.1 Å². The number of benzene rings is 1. The summed E-state index contributed by atoms with van der Waals surface area (Å²) in [6.45, 7) is -2.85. The molecule has 0 aliphatic heterocycles. The molecule has 0 amide bonds. The number of hydrogen-bond donors (Lipinski definition) is 2. The van der Waals surface area contributed by atoms with Crippen molar-refractivity contribution in [2.24, 2.45) is 0 Å². The van der Waals surface area contributed by atoms with Gasteiger partial charge in [0.15, 0.2) is 5.82 Å². The molecule has 0 spiro atoms. The zero-order chi connectivity index (χ0) is 13.8. The Kier molecular flexibility index (Phi) is 3.96. The molecule has 2 aromatic rings. The second-order valence-corrected chi connectivity index (χ2v) is 3.86. The van der Waals surface area contributed by atoms with Crippen molar-refractivity contribution in [3.05, 3.63) is 35.5 Å². The number of rotatable bonds is 4. The molecule has 19 heavy (non-hydrogen) atoms. The fraction of sp³-hybridized carbons (Fsp3) is 0.0909. The molecule has 0 saturated heterocycles. The van der Waals surface area contributed by atoms with Gasteiger partial charge in [0.2, 0.25) is 5.95 Å². The zero-order valence-electron chi connectivity index (χ0n) is 9.48. The highest BCUT2D eigenvalue weighted by atomic mass is 35.5. The lowest BCUT2D eigenvalue weighted by atomic mass is 10.3. The first-order valence-electron chi connectivity index (χ1n) is 5.14. The second-order valence-electron chi connectivity index (χ2n) is 3.45. The van der Waals surface area contributed by atoms with Crippen LogP contribution in [0, 0.1) is 0 Å². The number of ether oxygens (including phenoxy) is 1. The largest absolute Gasteiger partial charge is 0.435 e. The third-order valence-electron chi connectivity index (χ3n) is 2.10. The van der Waals surface area contributed by atoms with Gasteiger partial charge < -0.3 is 15.8 Å². The molecule has 0 unspecified atom stereocenters. The summed E-state index contributed by atoms with van der Waals surface area (Å²) in [6.07, 6.45) is 1.36. The van der Waals surface area contributed by atoms with Gasteiger partial charge in [-0.15, -0.1) is 0 Å². The summed E-state index contributed by atoms with van der Waals surface area (Å²) in [4.78, 5) is 7.63. The van der Waals surface area contributed by atoms with Crippen molar-refractivity contribution < 1.29 is 13.5 Å². The van der Waals surface area contributed by atoms with Crippen LogP contribution in [0.2, 0.25) is 5.02 Å². The quantitative estimate of drug-likeness (QED) is 0.903. The summed E-state index contributed by atoms with van der Waals surface area (Å²) in [6, 6.07) is 5.89. The van der Waals surface area contributed by atoms with Crippen LogP contribution in [0.5, 0.6) is 5.75 Å². The maximum atomic E-state index is 12.0. The number of anilines is 3. The maximum Gasteiger partial charge on any atom is 0.387 e. The van der Waals surface area contributed by atoms with E-state index in [1.807, 2.05) is 0 Å².